The first-order valence-electron chi connectivity index (χ1n) is 8.70. The van der Waals surface area contributed by atoms with E-state index >= 15 is 0 Å². The molecule has 0 radical (unpaired) electrons. The van der Waals surface area contributed by atoms with Crippen molar-refractivity contribution < 1.29 is 0 Å². The highest BCUT2D eigenvalue weighted by molar-refractivity contribution is 5.30. The highest BCUT2D eigenvalue weighted by Gasteiger charge is 2.51. The molecular weight excluding hydrogens is 228 g/mol. The molecule has 4 aliphatic carbocycles. The molecular formula is C19H28. The van der Waals surface area contributed by atoms with Crippen LogP contribution in [0.4, 0.5) is 0 Å². The molecule has 4 rings (SSSR count). The summed E-state index contributed by atoms with van der Waals surface area (Å²) in [6, 6.07) is 0. The summed E-state index contributed by atoms with van der Waals surface area (Å²) in [6.45, 7) is 2.47. The molecule has 0 bridgehead atoms. The fraction of sp³-hybridized carbons (Fsp3) is 0.789. The van der Waals surface area contributed by atoms with Crippen LogP contribution in [0.1, 0.15) is 71.1 Å². The van der Waals surface area contributed by atoms with Gasteiger partial charge < -0.3 is 0 Å². The van der Waals surface area contributed by atoms with Crippen LogP contribution >= 0.6 is 0 Å². The second kappa shape index (κ2) is 4.50. The lowest BCUT2D eigenvalue weighted by molar-refractivity contribution is 0.0255. The molecule has 0 heterocycles. The van der Waals surface area contributed by atoms with Crippen LogP contribution in [0.2, 0.25) is 0 Å². The third-order valence-electron chi connectivity index (χ3n) is 7.22. The summed E-state index contributed by atoms with van der Waals surface area (Å²) < 4.78 is 0. The summed E-state index contributed by atoms with van der Waals surface area (Å²) in [5.74, 6) is 3.12. The van der Waals surface area contributed by atoms with Crippen LogP contribution in [0.25, 0.3) is 0 Å². The van der Waals surface area contributed by atoms with E-state index < -0.39 is 0 Å². The Bertz CT molecular complexity index is 427. The predicted molar refractivity (Wildman–Crippen MR) is 80.9 cm³/mol. The molecule has 2 saturated carbocycles. The van der Waals surface area contributed by atoms with Crippen molar-refractivity contribution in [1.82, 2.24) is 0 Å². The van der Waals surface area contributed by atoms with Crippen LogP contribution in [-0.2, 0) is 0 Å². The van der Waals surface area contributed by atoms with Gasteiger partial charge in [-0.3, -0.25) is 0 Å². The second-order valence-electron chi connectivity index (χ2n) is 7.57. The lowest BCUT2D eigenvalue weighted by Crippen LogP contribution is -2.42. The van der Waals surface area contributed by atoms with E-state index in [1.54, 1.807) is 12.8 Å². The van der Waals surface area contributed by atoms with Crippen LogP contribution in [0.5, 0.6) is 0 Å². The number of hydrogen-bond donors (Lipinski definition) is 0. The average molecular weight is 256 g/mol. The monoisotopic (exact) mass is 256 g/mol. The Labute approximate surface area is 118 Å². The van der Waals surface area contributed by atoms with Crippen molar-refractivity contribution in [2.45, 2.75) is 71.1 Å². The third kappa shape index (κ3) is 1.71. The topological polar surface area (TPSA) is 0 Å². The van der Waals surface area contributed by atoms with Crippen molar-refractivity contribution in [1.29, 1.82) is 0 Å². The Morgan fingerprint density at radius 2 is 2.00 bits per heavy atom. The van der Waals surface area contributed by atoms with Gasteiger partial charge in [0, 0.05) is 0 Å². The van der Waals surface area contributed by atoms with E-state index in [9.17, 15) is 0 Å². The lowest BCUT2D eigenvalue weighted by Gasteiger charge is -2.51. The number of rotatable bonds is 1. The van der Waals surface area contributed by atoms with Crippen LogP contribution in [-0.4, -0.2) is 0 Å². The summed E-state index contributed by atoms with van der Waals surface area (Å²) in [5, 5.41) is 0. The summed E-state index contributed by atoms with van der Waals surface area (Å²) in [4.78, 5) is 0. The SMILES string of the molecule is CC[C@@]12CCC[C@H]1[C@@H]1CCC3=C(CC=CC3)[C@H]1CC2. The third-order valence-corrected chi connectivity index (χ3v) is 7.22. The van der Waals surface area contributed by atoms with Gasteiger partial charge in [-0.2, -0.15) is 0 Å². The van der Waals surface area contributed by atoms with Gasteiger partial charge in [-0.05, 0) is 74.5 Å². The number of fused-ring (bicyclic) bond motifs is 4. The zero-order valence-electron chi connectivity index (χ0n) is 12.5. The largest absolute Gasteiger partial charge is 0.0841 e. The van der Waals surface area contributed by atoms with Crippen molar-refractivity contribution in [3.63, 3.8) is 0 Å². The maximum Gasteiger partial charge on any atom is -0.0133 e. The first-order valence-corrected chi connectivity index (χ1v) is 8.70. The Balaban J connectivity index is 1.65. The van der Waals surface area contributed by atoms with Crippen LogP contribution in [0.15, 0.2) is 23.3 Å². The second-order valence-corrected chi connectivity index (χ2v) is 7.57. The molecule has 0 aromatic rings. The minimum absolute atomic E-state index is 0.768. The van der Waals surface area contributed by atoms with Gasteiger partial charge in [0.2, 0.25) is 0 Å². The summed E-state index contributed by atoms with van der Waals surface area (Å²) in [5.41, 5.74) is 4.50. The molecule has 4 atom stereocenters. The Hall–Kier alpha value is -0.520. The van der Waals surface area contributed by atoms with E-state index in [2.05, 4.69) is 19.1 Å². The zero-order valence-corrected chi connectivity index (χ0v) is 12.5. The Morgan fingerprint density at radius 1 is 1.11 bits per heavy atom. The fourth-order valence-corrected chi connectivity index (χ4v) is 6.26. The molecule has 0 aliphatic heterocycles. The van der Waals surface area contributed by atoms with Crippen molar-refractivity contribution in [3.8, 4) is 0 Å². The zero-order chi connectivity index (χ0) is 12.9. The van der Waals surface area contributed by atoms with Gasteiger partial charge in [0.1, 0.15) is 0 Å². The molecule has 0 saturated heterocycles. The molecule has 0 unspecified atom stereocenters. The minimum atomic E-state index is 0.768. The molecule has 0 aromatic heterocycles. The van der Waals surface area contributed by atoms with Gasteiger partial charge in [0.05, 0.1) is 0 Å². The van der Waals surface area contributed by atoms with E-state index in [4.69, 9.17) is 0 Å². The van der Waals surface area contributed by atoms with Gasteiger partial charge in [-0.15, -0.1) is 0 Å². The van der Waals surface area contributed by atoms with E-state index in [1.807, 2.05) is 11.1 Å². The molecule has 0 aromatic carbocycles. The first-order chi connectivity index (χ1) is 9.34. The van der Waals surface area contributed by atoms with E-state index in [0.717, 1.165) is 23.2 Å². The number of hydrogen-bond acceptors (Lipinski definition) is 0. The van der Waals surface area contributed by atoms with E-state index in [-0.39, 0.29) is 0 Å². The molecule has 0 heteroatoms. The van der Waals surface area contributed by atoms with Crippen molar-refractivity contribution in [3.05, 3.63) is 23.3 Å². The van der Waals surface area contributed by atoms with Crippen LogP contribution < -0.4 is 0 Å². The molecule has 0 amide bonds. The van der Waals surface area contributed by atoms with Gasteiger partial charge >= 0.3 is 0 Å². The van der Waals surface area contributed by atoms with E-state index in [0.29, 0.717) is 0 Å². The molecule has 104 valence electrons. The average Bonchev–Trinajstić information content (AvgIpc) is 2.91. The molecule has 0 nitrogen and oxygen atoms in total. The Morgan fingerprint density at radius 3 is 2.89 bits per heavy atom. The van der Waals surface area contributed by atoms with Crippen molar-refractivity contribution in [2.24, 2.45) is 23.2 Å². The van der Waals surface area contributed by atoms with Gasteiger partial charge in [-0.1, -0.05) is 43.1 Å². The van der Waals surface area contributed by atoms with Gasteiger partial charge in [-0.25, -0.2) is 0 Å². The highest BCUT2D eigenvalue weighted by Crippen LogP contribution is 2.62. The normalized spacial score (nSPS) is 44.8. The standard InChI is InChI=1S/C19H28/c1-2-19-12-5-8-18(19)17-10-9-14-6-3-4-7-15(14)16(17)11-13-19/h3-4,16-18H,2,5-13H2,1H3/t16-,17-,18+,19+/m1/s1. The van der Waals surface area contributed by atoms with Gasteiger partial charge in [0.15, 0.2) is 0 Å². The first kappa shape index (κ1) is 12.2. The van der Waals surface area contributed by atoms with Crippen LogP contribution in [0, 0.1) is 23.2 Å². The smallest absolute Gasteiger partial charge is 0.0133 e. The highest BCUT2D eigenvalue weighted by atomic mass is 14.6. The van der Waals surface area contributed by atoms with Crippen LogP contribution in [0.3, 0.4) is 0 Å². The lowest BCUT2D eigenvalue weighted by atomic mass is 9.54. The molecule has 19 heavy (non-hydrogen) atoms. The van der Waals surface area contributed by atoms with Crippen molar-refractivity contribution in [2.75, 3.05) is 0 Å². The van der Waals surface area contributed by atoms with Gasteiger partial charge in [0.25, 0.3) is 0 Å². The molecule has 4 aliphatic rings. The molecule has 0 spiro atoms. The van der Waals surface area contributed by atoms with Crippen molar-refractivity contribution >= 4 is 0 Å². The van der Waals surface area contributed by atoms with E-state index in [1.165, 1.54) is 51.4 Å². The summed E-state index contributed by atoms with van der Waals surface area (Å²) in [6.07, 6.45) is 19.5. The Kier molecular flexibility index (Phi) is 2.90. The molecule has 2 fully saturated rings. The predicted octanol–water partition coefficient (Wildman–Crippen LogP) is 5.65. The molecule has 0 N–H and O–H groups in total. The fourth-order valence-electron chi connectivity index (χ4n) is 6.26. The minimum Gasteiger partial charge on any atom is -0.0841 e. The quantitative estimate of drug-likeness (QED) is 0.532. The maximum absolute atomic E-state index is 2.47. The number of allylic oxidation sites excluding steroid dienone is 4. The summed E-state index contributed by atoms with van der Waals surface area (Å²) >= 11 is 0. The maximum atomic E-state index is 2.47. The summed E-state index contributed by atoms with van der Waals surface area (Å²) in [7, 11) is 0.